The summed E-state index contributed by atoms with van der Waals surface area (Å²) in [6.07, 6.45) is 0. The highest BCUT2D eigenvalue weighted by atomic mass is 32.2. The van der Waals surface area contributed by atoms with Gasteiger partial charge in [0.15, 0.2) is 0 Å². The molecule has 0 fully saturated rings. The maximum absolute atomic E-state index is 11.4. The monoisotopic (exact) mass is 266 g/mol. The van der Waals surface area contributed by atoms with Crippen LogP contribution in [0.15, 0.2) is 35.2 Å². The van der Waals surface area contributed by atoms with E-state index in [0.29, 0.717) is 0 Å². The Morgan fingerprint density at radius 2 is 1.56 bits per heavy atom. The molecule has 0 unspecified atom stereocenters. The summed E-state index contributed by atoms with van der Waals surface area (Å²) in [5, 5.41) is 0. The van der Waals surface area contributed by atoms with Crippen molar-refractivity contribution in [3.63, 3.8) is 0 Å². The zero-order valence-electron chi connectivity index (χ0n) is 8.36. The number of rotatable bonds is 5. The van der Waals surface area contributed by atoms with Crippen molar-refractivity contribution >= 4 is 20.2 Å². The Morgan fingerprint density at radius 1 is 1.00 bits per heavy atom. The van der Waals surface area contributed by atoms with Crippen molar-refractivity contribution in [1.29, 1.82) is 0 Å². The van der Waals surface area contributed by atoms with Crippen molar-refractivity contribution in [1.82, 2.24) is 0 Å². The fourth-order valence-corrected chi connectivity index (χ4v) is 2.05. The van der Waals surface area contributed by atoms with E-state index in [0.717, 1.165) is 0 Å². The molecule has 1 aromatic carbocycles. The van der Waals surface area contributed by atoms with E-state index in [1.54, 1.807) is 6.07 Å². The van der Waals surface area contributed by atoms with E-state index in [1.165, 1.54) is 31.2 Å². The number of benzene rings is 1. The molecule has 6 nitrogen and oxygen atoms in total. The molecule has 0 aromatic heterocycles. The summed E-state index contributed by atoms with van der Waals surface area (Å²) >= 11 is 0. The Balaban J connectivity index is 2.83. The van der Waals surface area contributed by atoms with Gasteiger partial charge in [0.2, 0.25) is 0 Å². The van der Waals surface area contributed by atoms with Gasteiger partial charge in [-0.25, -0.2) is 0 Å². The summed E-state index contributed by atoms with van der Waals surface area (Å²) in [4.78, 5) is -0.179. The molecule has 0 aliphatic heterocycles. The van der Waals surface area contributed by atoms with Gasteiger partial charge in [0, 0.05) is 0 Å². The number of hydrogen-bond acceptors (Lipinski definition) is 6. The summed E-state index contributed by atoms with van der Waals surface area (Å²) in [5.74, 6) is -0.378. The van der Waals surface area contributed by atoms with Gasteiger partial charge in [0.05, 0.1) is 10.6 Å². The summed E-state index contributed by atoms with van der Waals surface area (Å²) < 4.78 is 52.3. The third kappa shape index (κ3) is 3.56. The fraction of sp³-hybridized carbons (Fsp3) is 0.250. The van der Waals surface area contributed by atoms with Crippen molar-refractivity contribution < 1.29 is 25.5 Å². The molecule has 0 bridgehead atoms. The van der Waals surface area contributed by atoms with E-state index in [1.807, 2.05) is 0 Å². The molecule has 1 aromatic rings. The van der Waals surface area contributed by atoms with E-state index in [2.05, 4.69) is 8.67 Å². The Bertz CT molecular complexity index is 531. The summed E-state index contributed by atoms with van der Waals surface area (Å²) in [5.41, 5.74) is 0. The predicted molar refractivity (Wildman–Crippen MR) is 55.3 cm³/mol. The first-order valence-electron chi connectivity index (χ1n) is 4.28. The maximum atomic E-state index is 11.4. The highest BCUT2D eigenvalue weighted by Crippen LogP contribution is 2.12. The quantitative estimate of drug-likeness (QED) is 0.575. The second-order valence-electron chi connectivity index (χ2n) is 2.75. The van der Waals surface area contributed by atoms with E-state index < -0.39 is 20.2 Å². The first-order chi connectivity index (χ1) is 7.37. The van der Waals surface area contributed by atoms with Crippen molar-refractivity contribution in [2.24, 2.45) is 0 Å². The second-order valence-corrected chi connectivity index (χ2v) is 6.09. The molecule has 0 heterocycles. The molecule has 0 radical (unpaired) electrons. The molecule has 0 aliphatic carbocycles. The summed E-state index contributed by atoms with van der Waals surface area (Å²) in [6.45, 7) is 1.30. The summed E-state index contributed by atoms with van der Waals surface area (Å²) in [6, 6.07) is 7.09. The van der Waals surface area contributed by atoms with Gasteiger partial charge in [-0.2, -0.15) is 16.8 Å². The largest absolute Gasteiger partial charge is 0.324 e. The minimum absolute atomic E-state index is 0.179. The molecule has 90 valence electrons. The molecule has 0 spiro atoms. The lowest BCUT2D eigenvalue weighted by atomic mass is 10.4. The maximum Gasteiger partial charge on any atom is 0.324 e. The molecule has 1 rings (SSSR count). The standard InChI is InChI=1S/C8H10O6S2/c1-2-15(9,10)13-14-16(11,12)8-6-4-3-5-7-8/h3-7H,2H2,1H3. The van der Waals surface area contributed by atoms with Crippen LogP contribution >= 0.6 is 0 Å². The van der Waals surface area contributed by atoms with Gasteiger partial charge in [-0.15, -0.1) is 0 Å². The van der Waals surface area contributed by atoms with Gasteiger partial charge in [0.1, 0.15) is 0 Å². The van der Waals surface area contributed by atoms with Crippen LogP contribution in [0.1, 0.15) is 6.92 Å². The molecule has 0 saturated carbocycles. The van der Waals surface area contributed by atoms with Crippen LogP contribution in [0, 0.1) is 0 Å². The zero-order valence-corrected chi connectivity index (χ0v) is 9.99. The zero-order chi connectivity index (χ0) is 12.2. The third-order valence-electron chi connectivity index (χ3n) is 1.61. The molecule has 0 amide bonds. The Kier molecular flexibility index (Phi) is 4.03. The van der Waals surface area contributed by atoms with Crippen LogP contribution in [0.5, 0.6) is 0 Å². The lowest BCUT2D eigenvalue weighted by molar-refractivity contribution is -0.0849. The average molecular weight is 266 g/mol. The van der Waals surface area contributed by atoms with E-state index in [-0.39, 0.29) is 10.6 Å². The highest BCUT2D eigenvalue weighted by Gasteiger charge is 2.20. The molecule has 0 N–H and O–H groups in total. The van der Waals surface area contributed by atoms with Crippen molar-refractivity contribution in [2.75, 3.05) is 5.75 Å². The van der Waals surface area contributed by atoms with E-state index in [4.69, 9.17) is 0 Å². The van der Waals surface area contributed by atoms with Crippen LogP contribution in [0.3, 0.4) is 0 Å². The minimum atomic E-state index is -4.20. The van der Waals surface area contributed by atoms with Gasteiger partial charge in [0.25, 0.3) is 10.1 Å². The van der Waals surface area contributed by atoms with Crippen molar-refractivity contribution in [3.8, 4) is 0 Å². The Morgan fingerprint density at radius 3 is 2.06 bits per heavy atom. The van der Waals surface area contributed by atoms with Gasteiger partial charge < -0.3 is 0 Å². The molecule has 16 heavy (non-hydrogen) atoms. The number of hydrogen-bond donors (Lipinski definition) is 0. The van der Waals surface area contributed by atoms with E-state index in [9.17, 15) is 16.8 Å². The van der Waals surface area contributed by atoms with E-state index >= 15 is 0 Å². The van der Waals surface area contributed by atoms with Crippen molar-refractivity contribution in [2.45, 2.75) is 11.8 Å². The first kappa shape index (κ1) is 13.1. The molecular formula is C8H10O6S2. The van der Waals surface area contributed by atoms with Gasteiger partial charge in [-0.3, -0.25) is 0 Å². The lowest BCUT2D eigenvalue weighted by Crippen LogP contribution is -2.14. The SMILES string of the molecule is CCS(=O)(=O)OOS(=O)(=O)c1ccccc1. The normalized spacial score (nSPS) is 12.6. The van der Waals surface area contributed by atoms with Crippen LogP contribution in [-0.2, 0) is 28.9 Å². The molecule has 0 atom stereocenters. The topological polar surface area (TPSA) is 86.7 Å². The van der Waals surface area contributed by atoms with Crippen molar-refractivity contribution in [3.05, 3.63) is 30.3 Å². The first-order valence-corrected chi connectivity index (χ1v) is 7.26. The van der Waals surface area contributed by atoms with Crippen LogP contribution in [-0.4, -0.2) is 22.6 Å². The van der Waals surface area contributed by atoms with Crippen LogP contribution < -0.4 is 0 Å². The molecule has 0 aliphatic rings. The average Bonchev–Trinajstić information content (AvgIpc) is 2.28. The molecule has 0 saturated heterocycles. The second kappa shape index (κ2) is 4.91. The third-order valence-corrected chi connectivity index (χ3v) is 3.77. The van der Waals surface area contributed by atoms with Gasteiger partial charge in [-0.1, -0.05) is 26.9 Å². The Hall–Kier alpha value is -0.960. The van der Waals surface area contributed by atoms with Gasteiger partial charge >= 0.3 is 10.1 Å². The molecule has 8 heteroatoms. The highest BCUT2D eigenvalue weighted by molar-refractivity contribution is 7.88. The Labute approximate surface area is 94.0 Å². The fourth-order valence-electron chi connectivity index (χ4n) is 0.753. The van der Waals surface area contributed by atoms with Gasteiger partial charge in [-0.05, 0) is 19.1 Å². The smallest absolute Gasteiger partial charge is 0.197 e. The minimum Gasteiger partial charge on any atom is -0.197 e. The van der Waals surface area contributed by atoms with Crippen LogP contribution in [0.25, 0.3) is 0 Å². The van der Waals surface area contributed by atoms with Crippen LogP contribution in [0.4, 0.5) is 0 Å². The lowest BCUT2D eigenvalue weighted by Gasteiger charge is -2.03. The summed E-state index contributed by atoms with van der Waals surface area (Å²) in [7, 11) is -8.17. The predicted octanol–water partition coefficient (Wildman–Crippen LogP) is 0.673. The van der Waals surface area contributed by atoms with Crippen LogP contribution in [0.2, 0.25) is 0 Å². The molecular weight excluding hydrogens is 256 g/mol.